The zero-order valence-electron chi connectivity index (χ0n) is 35.6. The number of fused-ring (bicyclic) bond motifs is 7. The van der Waals surface area contributed by atoms with Crippen LogP contribution in [0.2, 0.25) is 5.02 Å². The number of benzene rings is 1. The first kappa shape index (κ1) is 41.7. The molecule has 8 nitrogen and oxygen atoms in total. The maximum Gasteiger partial charge on any atom is 0.309 e. The van der Waals surface area contributed by atoms with E-state index in [4.69, 9.17) is 21.1 Å². The Hall–Kier alpha value is -2.42. The van der Waals surface area contributed by atoms with E-state index in [-0.39, 0.29) is 57.3 Å². The molecule has 9 heteroatoms. The fraction of sp³-hybridized carbons (Fsp3) is 0.766. The van der Waals surface area contributed by atoms with E-state index < -0.39 is 28.8 Å². The number of hydrogen-bond donors (Lipinski definition) is 3. The SMILES string of the molecule is COc1cc(Cl)ccc1CNC[C@H](O)[C@@]12CC[C@]3(C)[C@H](CC[C@@H]4[C@@]5(C)CC[C@H](OC(=O)[C@H]6C[C@@H](C(=O)O)C6(C)C)C(C)(C)[C@@H]5CC[C@]43C)C1=C(C(C)C)C(=O)C2. The number of nitrogens with one attached hydrogen (secondary N) is 1. The lowest BCUT2D eigenvalue weighted by atomic mass is 9.33. The van der Waals surface area contributed by atoms with Crippen LogP contribution in [0.4, 0.5) is 0 Å². The largest absolute Gasteiger partial charge is 0.496 e. The fourth-order valence-electron chi connectivity index (χ4n) is 14.6. The molecule has 11 atom stereocenters. The van der Waals surface area contributed by atoms with Crippen LogP contribution in [-0.2, 0) is 25.7 Å². The number of Topliss-reactive ketones (excluding diaryl/α,β-unsaturated/α-hetero) is 1. The van der Waals surface area contributed by atoms with Crippen LogP contribution in [-0.4, -0.2) is 53.8 Å². The highest BCUT2D eigenvalue weighted by Gasteiger charge is 2.71. The van der Waals surface area contributed by atoms with E-state index >= 15 is 0 Å². The Balaban J connectivity index is 1.12. The Bertz CT molecular complexity index is 1800. The Morgan fingerprint density at radius 1 is 0.911 bits per heavy atom. The number of carboxylic acids is 1. The molecular formula is C47H68ClNO7. The van der Waals surface area contributed by atoms with Crippen molar-refractivity contribution in [2.75, 3.05) is 13.7 Å². The third kappa shape index (κ3) is 5.98. The predicted octanol–water partition coefficient (Wildman–Crippen LogP) is 9.44. The highest BCUT2D eigenvalue weighted by Crippen LogP contribution is 2.77. The van der Waals surface area contributed by atoms with E-state index in [2.05, 4.69) is 53.8 Å². The Morgan fingerprint density at radius 3 is 2.27 bits per heavy atom. The predicted molar refractivity (Wildman–Crippen MR) is 218 cm³/mol. The zero-order chi connectivity index (χ0) is 41.0. The molecule has 1 aromatic carbocycles. The molecule has 0 unspecified atom stereocenters. The molecule has 0 spiro atoms. The first-order valence-electron chi connectivity index (χ1n) is 21.5. The van der Waals surface area contributed by atoms with Crippen molar-refractivity contribution >= 4 is 29.3 Å². The molecule has 0 saturated heterocycles. The minimum absolute atomic E-state index is 0.0265. The molecule has 56 heavy (non-hydrogen) atoms. The number of aliphatic carboxylic acids is 1. The van der Waals surface area contributed by atoms with Crippen molar-refractivity contribution in [1.29, 1.82) is 0 Å². The molecule has 310 valence electrons. The number of hydrogen-bond acceptors (Lipinski definition) is 7. The number of carbonyl (C=O) groups excluding carboxylic acids is 2. The number of ketones is 1. The minimum atomic E-state index is -0.832. The van der Waals surface area contributed by atoms with E-state index in [9.17, 15) is 24.6 Å². The van der Waals surface area contributed by atoms with Crippen LogP contribution in [0, 0.1) is 68.0 Å². The topological polar surface area (TPSA) is 122 Å². The average Bonchev–Trinajstić information content (AvgIpc) is 3.43. The van der Waals surface area contributed by atoms with Crippen LogP contribution in [0.1, 0.15) is 132 Å². The lowest BCUT2D eigenvalue weighted by Gasteiger charge is -2.72. The number of allylic oxidation sites excluding steroid dienone is 1. The van der Waals surface area contributed by atoms with Gasteiger partial charge in [-0.2, -0.15) is 0 Å². The summed E-state index contributed by atoms with van der Waals surface area (Å²) in [5.41, 5.74) is 1.92. The summed E-state index contributed by atoms with van der Waals surface area (Å²) < 4.78 is 12.0. The van der Waals surface area contributed by atoms with Gasteiger partial charge in [0.15, 0.2) is 5.78 Å². The molecule has 0 heterocycles. The monoisotopic (exact) mass is 793 g/mol. The quantitative estimate of drug-likeness (QED) is 0.201. The molecule has 7 rings (SSSR count). The van der Waals surface area contributed by atoms with E-state index in [1.165, 1.54) is 5.57 Å². The van der Waals surface area contributed by atoms with Crippen molar-refractivity contribution in [2.24, 2.45) is 68.0 Å². The fourth-order valence-corrected chi connectivity index (χ4v) is 14.8. The van der Waals surface area contributed by atoms with Gasteiger partial charge >= 0.3 is 11.9 Å². The van der Waals surface area contributed by atoms with Gasteiger partial charge < -0.3 is 25.0 Å². The number of carbonyl (C=O) groups is 3. The number of ether oxygens (including phenoxy) is 2. The van der Waals surface area contributed by atoms with Gasteiger partial charge in [0, 0.05) is 40.9 Å². The summed E-state index contributed by atoms with van der Waals surface area (Å²) >= 11 is 6.22. The van der Waals surface area contributed by atoms with Gasteiger partial charge in [0.1, 0.15) is 11.9 Å². The molecule has 6 aliphatic rings. The van der Waals surface area contributed by atoms with Gasteiger partial charge in [0.2, 0.25) is 0 Å². The van der Waals surface area contributed by atoms with Crippen molar-refractivity contribution in [1.82, 2.24) is 5.32 Å². The van der Waals surface area contributed by atoms with Crippen molar-refractivity contribution in [2.45, 2.75) is 145 Å². The molecule has 0 amide bonds. The molecule has 0 bridgehead atoms. The molecule has 3 N–H and O–H groups in total. The van der Waals surface area contributed by atoms with Gasteiger partial charge in [-0.3, -0.25) is 14.4 Å². The number of methoxy groups -OCH3 is 1. The van der Waals surface area contributed by atoms with Gasteiger partial charge in [-0.25, -0.2) is 0 Å². The maximum atomic E-state index is 14.1. The van der Waals surface area contributed by atoms with Crippen LogP contribution in [0.5, 0.6) is 5.75 Å². The molecule has 5 fully saturated rings. The van der Waals surface area contributed by atoms with E-state index in [1.807, 2.05) is 32.0 Å². The number of carboxylic acid groups (broad SMARTS) is 1. The van der Waals surface area contributed by atoms with Crippen LogP contribution in [0.3, 0.4) is 0 Å². The molecular weight excluding hydrogens is 726 g/mol. The lowest BCUT2D eigenvalue weighted by molar-refractivity contribution is -0.238. The van der Waals surface area contributed by atoms with Gasteiger partial charge in [-0.1, -0.05) is 85.6 Å². The second-order valence-corrected chi connectivity index (χ2v) is 21.7. The van der Waals surface area contributed by atoms with Gasteiger partial charge in [-0.05, 0) is 121 Å². The van der Waals surface area contributed by atoms with Crippen molar-refractivity contribution in [3.63, 3.8) is 0 Å². The molecule has 1 aromatic rings. The second kappa shape index (κ2) is 14.1. The van der Waals surface area contributed by atoms with Crippen LogP contribution in [0.25, 0.3) is 0 Å². The van der Waals surface area contributed by atoms with E-state index in [0.717, 1.165) is 62.5 Å². The Labute approximate surface area is 340 Å². The average molecular weight is 795 g/mol. The lowest BCUT2D eigenvalue weighted by Crippen LogP contribution is -2.66. The number of aliphatic hydroxyl groups excluding tert-OH is 1. The summed E-state index contributed by atoms with van der Waals surface area (Å²) in [6, 6.07) is 5.61. The Morgan fingerprint density at radius 2 is 1.62 bits per heavy atom. The van der Waals surface area contributed by atoms with Crippen molar-refractivity contribution in [3.05, 3.63) is 39.9 Å². The molecule has 0 aliphatic heterocycles. The third-order valence-corrected chi connectivity index (χ3v) is 18.3. The first-order valence-corrected chi connectivity index (χ1v) is 21.9. The number of rotatable bonds is 10. The van der Waals surface area contributed by atoms with Gasteiger partial charge in [-0.15, -0.1) is 0 Å². The van der Waals surface area contributed by atoms with Gasteiger partial charge in [0.05, 0.1) is 25.0 Å². The molecule has 6 aliphatic carbocycles. The summed E-state index contributed by atoms with van der Waals surface area (Å²) in [6.45, 7) is 21.3. The summed E-state index contributed by atoms with van der Waals surface area (Å²) in [5, 5.41) is 26.1. The zero-order valence-corrected chi connectivity index (χ0v) is 36.4. The first-order chi connectivity index (χ1) is 26.1. The number of halogens is 1. The molecule has 0 radical (unpaired) electrons. The normalized spacial score (nSPS) is 40.1. The minimum Gasteiger partial charge on any atom is -0.496 e. The van der Waals surface area contributed by atoms with E-state index in [1.54, 1.807) is 7.11 Å². The van der Waals surface area contributed by atoms with Crippen LogP contribution in [0.15, 0.2) is 29.3 Å². The summed E-state index contributed by atoms with van der Waals surface area (Å²) in [7, 11) is 1.64. The van der Waals surface area contributed by atoms with Crippen molar-refractivity contribution < 1.29 is 34.1 Å². The highest BCUT2D eigenvalue weighted by molar-refractivity contribution is 6.30. The highest BCUT2D eigenvalue weighted by atomic mass is 35.5. The van der Waals surface area contributed by atoms with Crippen LogP contribution < -0.4 is 10.1 Å². The smallest absolute Gasteiger partial charge is 0.309 e. The third-order valence-electron chi connectivity index (χ3n) is 18.1. The van der Waals surface area contributed by atoms with Crippen molar-refractivity contribution in [3.8, 4) is 5.75 Å². The summed E-state index contributed by atoms with van der Waals surface area (Å²) in [5.74, 6) is 0.178. The Kier molecular flexibility index (Phi) is 10.5. The summed E-state index contributed by atoms with van der Waals surface area (Å²) in [6.07, 6.45) is 7.69. The molecule has 5 saturated carbocycles. The number of aliphatic hydroxyl groups is 1. The van der Waals surface area contributed by atoms with E-state index in [0.29, 0.717) is 48.5 Å². The van der Waals surface area contributed by atoms with Gasteiger partial charge in [0.25, 0.3) is 0 Å². The van der Waals surface area contributed by atoms with Crippen LogP contribution >= 0.6 is 11.6 Å². The number of esters is 1. The molecule has 0 aromatic heterocycles. The maximum absolute atomic E-state index is 14.1. The summed E-state index contributed by atoms with van der Waals surface area (Å²) in [4.78, 5) is 39.5. The second-order valence-electron chi connectivity index (χ2n) is 21.2. The standard InChI is InChI=1S/C47H68ClNO7/c1-26(2)38-32(50)23-47(36(51)25-49-24-27-11-12-28(48)21-33(27)55-10)20-19-45(8)29(39(38)47)13-14-35-44(7)17-16-37(43(5,6)34(44)15-18-46(35,45)9)56-41(54)31-22-30(40(52)53)42(31,3)4/h11-12,21,26,29-31,34-37,49,51H,13-20,22-25H2,1-10H3,(H,52,53)/t29-,30+,31-,34+,35-,36+,37+,44+,45-,46-,47+/m1/s1.